The van der Waals surface area contributed by atoms with Crippen LogP contribution >= 0.6 is 23.1 Å². The first-order chi connectivity index (χ1) is 13.4. The van der Waals surface area contributed by atoms with Crippen LogP contribution in [0.3, 0.4) is 0 Å². The van der Waals surface area contributed by atoms with E-state index in [1.807, 2.05) is 44.5 Å². The summed E-state index contributed by atoms with van der Waals surface area (Å²) in [6.07, 6.45) is 0.800. The summed E-state index contributed by atoms with van der Waals surface area (Å²) < 4.78 is 7.67. The molecular weight excluding hydrogens is 396 g/mol. The van der Waals surface area contributed by atoms with Crippen LogP contribution in [-0.4, -0.2) is 36.6 Å². The van der Waals surface area contributed by atoms with Gasteiger partial charge < -0.3 is 9.30 Å². The van der Waals surface area contributed by atoms with E-state index in [0.29, 0.717) is 22.7 Å². The van der Waals surface area contributed by atoms with Crippen molar-refractivity contribution in [2.45, 2.75) is 39.0 Å². The molecule has 2 aromatic heterocycles. The van der Waals surface area contributed by atoms with Gasteiger partial charge in [-0.05, 0) is 43.5 Å². The molecule has 0 fully saturated rings. The van der Waals surface area contributed by atoms with E-state index in [0.717, 1.165) is 28.3 Å². The van der Waals surface area contributed by atoms with Gasteiger partial charge in [0.15, 0.2) is 11.0 Å². The van der Waals surface area contributed by atoms with Gasteiger partial charge in [0, 0.05) is 7.05 Å². The smallest absolute Gasteiger partial charge is 0.236 e. The van der Waals surface area contributed by atoms with Crippen LogP contribution in [0.25, 0.3) is 0 Å². The lowest BCUT2D eigenvalue weighted by Crippen LogP contribution is -2.14. The van der Waals surface area contributed by atoms with Crippen LogP contribution in [0, 0.1) is 13.8 Å². The van der Waals surface area contributed by atoms with E-state index < -0.39 is 0 Å². The second-order valence-corrected chi connectivity index (χ2v) is 8.27. The van der Waals surface area contributed by atoms with Crippen molar-refractivity contribution < 1.29 is 9.53 Å². The fraction of sp³-hybridized carbons (Fsp3) is 0.389. The number of nitrogens with zero attached hydrogens (tertiary/aromatic N) is 5. The summed E-state index contributed by atoms with van der Waals surface area (Å²) in [5.74, 6) is 1.56. The lowest BCUT2D eigenvalue weighted by Gasteiger charge is -2.08. The summed E-state index contributed by atoms with van der Waals surface area (Å²) in [5, 5.41) is 21.1. The maximum Gasteiger partial charge on any atom is 0.236 e. The molecule has 0 spiro atoms. The van der Waals surface area contributed by atoms with E-state index in [1.165, 1.54) is 23.1 Å². The van der Waals surface area contributed by atoms with E-state index in [4.69, 9.17) is 4.74 Å². The minimum Gasteiger partial charge on any atom is -0.486 e. The van der Waals surface area contributed by atoms with Crippen LogP contribution in [0.5, 0.6) is 5.75 Å². The molecular formula is C18H22N6O2S2. The predicted molar refractivity (Wildman–Crippen MR) is 110 cm³/mol. The average Bonchev–Trinajstić information content (AvgIpc) is 3.24. The van der Waals surface area contributed by atoms with Crippen LogP contribution < -0.4 is 10.1 Å². The predicted octanol–water partition coefficient (Wildman–Crippen LogP) is 3.16. The summed E-state index contributed by atoms with van der Waals surface area (Å²) >= 11 is 2.70. The highest BCUT2D eigenvalue weighted by Crippen LogP contribution is 2.20. The highest BCUT2D eigenvalue weighted by molar-refractivity contribution is 7.99. The first-order valence-electron chi connectivity index (χ1n) is 8.79. The van der Waals surface area contributed by atoms with Crippen molar-refractivity contribution in [3.05, 3.63) is 40.2 Å². The molecule has 0 atom stereocenters. The van der Waals surface area contributed by atoms with Gasteiger partial charge in [0.25, 0.3) is 0 Å². The molecule has 1 amide bonds. The normalized spacial score (nSPS) is 10.9. The molecule has 8 nitrogen and oxygen atoms in total. The van der Waals surface area contributed by atoms with E-state index in [2.05, 4.69) is 31.8 Å². The van der Waals surface area contributed by atoms with Crippen LogP contribution in [-0.2, 0) is 24.9 Å². The molecule has 0 aliphatic rings. The molecule has 10 heteroatoms. The third kappa shape index (κ3) is 5.29. The van der Waals surface area contributed by atoms with Crippen LogP contribution in [0.2, 0.25) is 0 Å². The number of anilines is 1. The number of aromatic nitrogens is 5. The number of hydrogen-bond donors (Lipinski definition) is 1. The molecule has 0 saturated carbocycles. The van der Waals surface area contributed by atoms with Gasteiger partial charge in [-0.1, -0.05) is 36.1 Å². The molecule has 0 aliphatic heterocycles. The number of ether oxygens (including phenoxy) is 1. The van der Waals surface area contributed by atoms with Crippen molar-refractivity contribution in [1.82, 2.24) is 25.0 Å². The van der Waals surface area contributed by atoms with Crippen molar-refractivity contribution in [2.75, 3.05) is 11.1 Å². The summed E-state index contributed by atoms with van der Waals surface area (Å²) in [7, 11) is 1.86. The minimum absolute atomic E-state index is 0.153. The van der Waals surface area contributed by atoms with Crippen molar-refractivity contribution in [3.8, 4) is 5.75 Å². The number of amides is 1. The van der Waals surface area contributed by atoms with Gasteiger partial charge in [-0.3, -0.25) is 10.1 Å². The Morgan fingerprint density at radius 1 is 1.18 bits per heavy atom. The molecule has 3 rings (SSSR count). The third-order valence-corrected chi connectivity index (χ3v) is 5.84. The Labute approximate surface area is 171 Å². The van der Waals surface area contributed by atoms with Crippen molar-refractivity contribution in [3.63, 3.8) is 0 Å². The number of benzene rings is 1. The lowest BCUT2D eigenvalue weighted by atomic mass is 10.1. The Hall–Kier alpha value is -2.46. The minimum atomic E-state index is -0.153. The molecule has 0 unspecified atom stereocenters. The fourth-order valence-electron chi connectivity index (χ4n) is 2.49. The number of aryl methyl sites for hydroxylation is 3. The molecule has 2 heterocycles. The van der Waals surface area contributed by atoms with Crippen molar-refractivity contribution in [2.24, 2.45) is 7.05 Å². The van der Waals surface area contributed by atoms with Crippen molar-refractivity contribution in [1.29, 1.82) is 0 Å². The summed E-state index contributed by atoms with van der Waals surface area (Å²) in [6.45, 7) is 6.38. The zero-order valence-electron chi connectivity index (χ0n) is 16.2. The third-order valence-electron chi connectivity index (χ3n) is 3.84. The standard InChI is InChI=1S/C18H22N6O2S2/c1-5-16-21-22-17(28-16)19-15(25)10-27-18-23-20-14(24(18)4)9-26-13-7-11(2)6-12(3)8-13/h6-8H,5,9-10H2,1-4H3,(H,19,22,25). The molecule has 1 N–H and O–H groups in total. The van der Waals surface area contributed by atoms with E-state index in [1.54, 1.807) is 0 Å². The Bertz CT molecular complexity index is 949. The van der Waals surface area contributed by atoms with Crippen molar-refractivity contribution >= 4 is 34.1 Å². The molecule has 148 valence electrons. The number of nitrogens with one attached hydrogen (secondary N) is 1. The average molecular weight is 419 g/mol. The summed E-state index contributed by atoms with van der Waals surface area (Å²) in [5.41, 5.74) is 2.30. The Morgan fingerprint density at radius 3 is 2.61 bits per heavy atom. The number of carbonyl (C=O) groups is 1. The van der Waals surface area contributed by atoms with Gasteiger partial charge in [-0.15, -0.1) is 20.4 Å². The maximum atomic E-state index is 12.1. The monoisotopic (exact) mass is 418 g/mol. The molecule has 0 saturated heterocycles. The summed E-state index contributed by atoms with van der Waals surface area (Å²) in [4.78, 5) is 12.1. The molecule has 28 heavy (non-hydrogen) atoms. The quantitative estimate of drug-likeness (QED) is 0.562. The Balaban J connectivity index is 1.53. The second-order valence-electron chi connectivity index (χ2n) is 6.26. The maximum absolute atomic E-state index is 12.1. The number of carbonyl (C=O) groups excluding carboxylic acids is 1. The first kappa shape index (κ1) is 20.3. The number of hydrogen-bond acceptors (Lipinski definition) is 8. The lowest BCUT2D eigenvalue weighted by molar-refractivity contribution is -0.113. The second kappa shape index (κ2) is 9.16. The van der Waals surface area contributed by atoms with Gasteiger partial charge >= 0.3 is 0 Å². The largest absolute Gasteiger partial charge is 0.486 e. The zero-order chi connectivity index (χ0) is 20.1. The summed E-state index contributed by atoms with van der Waals surface area (Å²) in [6, 6.07) is 6.07. The van der Waals surface area contributed by atoms with Gasteiger partial charge in [0.1, 0.15) is 17.4 Å². The zero-order valence-corrected chi connectivity index (χ0v) is 17.9. The van der Waals surface area contributed by atoms with E-state index in [-0.39, 0.29) is 11.7 Å². The number of thioether (sulfide) groups is 1. The molecule has 3 aromatic rings. The van der Waals surface area contributed by atoms with Gasteiger partial charge in [0.2, 0.25) is 11.0 Å². The first-order valence-corrected chi connectivity index (χ1v) is 10.6. The van der Waals surface area contributed by atoms with Gasteiger partial charge in [-0.2, -0.15) is 0 Å². The van der Waals surface area contributed by atoms with Gasteiger partial charge in [-0.25, -0.2) is 0 Å². The highest BCUT2D eigenvalue weighted by Gasteiger charge is 2.13. The molecule has 0 radical (unpaired) electrons. The van der Waals surface area contributed by atoms with Crippen LogP contribution in [0.1, 0.15) is 28.9 Å². The fourth-order valence-corrected chi connectivity index (χ4v) is 3.92. The van der Waals surface area contributed by atoms with Gasteiger partial charge in [0.05, 0.1) is 5.75 Å². The van der Waals surface area contributed by atoms with Crippen LogP contribution in [0.4, 0.5) is 5.13 Å². The molecule has 0 bridgehead atoms. The Kier molecular flexibility index (Phi) is 6.63. The molecule has 0 aliphatic carbocycles. The highest BCUT2D eigenvalue weighted by atomic mass is 32.2. The number of rotatable bonds is 8. The van der Waals surface area contributed by atoms with Crippen LogP contribution in [0.15, 0.2) is 23.4 Å². The van der Waals surface area contributed by atoms with E-state index in [9.17, 15) is 4.79 Å². The topological polar surface area (TPSA) is 94.8 Å². The van der Waals surface area contributed by atoms with E-state index >= 15 is 0 Å². The SMILES string of the molecule is CCc1nnc(NC(=O)CSc2nnc(COc3cc(C)cc(C)c3)n2C)s1. The molecule has 1 aromatic carbocycles. The Morgan fingerprint density at radius 2 is 1.93 bits per heavy atom.